The fourth-order valence-electron chi connectivity index (χ4n) is 2.04. The molecule has 0 fully saturated rings. The molecule has 11 heteroatoms. The normalized spacial score (nSPS) is 13.0. The molecule has 8 nitrogen and oxygen atoms in total. The molecule has 24 heavy (non-hydrogen) atoms. The van der Waals surface area contributed by atoms with Crippen LogP contribution in [0.15, 0.2) is 29.0 Å². The molecule has 3 aromatic heterocycles. The first kappa shape index (κ1) is 15.9. The lowest BCUT2D eigenvalue weighted by Gasteiger charge is -2.23. The third-order valence-electron chi connectivity index (χ3n) is 3.11. The summed E-state index contributed by atoms with van der Waals surface area (Å²) in [6.07, 6.45) is -3.30. The van der Waals surface area contributed by atoms with Crippen molar-refractivity contribution in [1.29, 1.82) is 0 Å². The molecule has 0 aliphatic carbocycles. The Hall–Kier alpha value is -2.98. The molecule has 0 saturated heterocycles. The van der Waals surface area contributed by atoms with Crippen molar-refractivity contribution in [3.8, 4) is 0 Å². The topological polar surface area (TPSA) is 92.9 Å². The van der Waals surface area contributed by atoms with Crippen LogP contribution in [0.2, 0.25) is 0 Å². The van der Waals surface area contributed by atoms with Gasteiger partial charge in [0, 0.05) is 20.3 Å². The van der Waals surface area contributed by atoms with Crippen molar-refractivity contribution in [3.05, 3.63) is 30.1 Å². The van der Waals surface area contributed by atoms with E-state index in [0.29, 0.717) is 0 Å². The highest BCUT2D eigenvalue weighted by atomic mass is 19.4. The van der Waals surface area contributed by atoms with E-state index in [1.165, 1.54) is 29.3 Å². The van der Waals surface area contributed by atoms with E-state index >= 15 is 0 Å². The van der Waals surface area contributed by atoms with E-state index in [9.17, 15) is 13.2 Å². The zero-order valence-electron chi connectivity index (χ0n) is 12.6. The molecule has 126 valence electrons. The monoisotopic (exact) mass is 339 g/mol. The van der Waals surface area contributed by atoms with Gasteiger partial charge in [-0.2, -0.15) is 13.2 Å². The van der Waals surface area contributed by atoms with Crippen LogP contribution >= 0.6 is 0 Å². The third-order valence-corrected chi connectivity index (χ3v) is 3.11. The van der Waals surface area contributed by atoms with Crippen LogP contribution in [-0.2, 0) is 0 Å². The van der Waals surface area contributed by atoms with Crippen LogP contribution in [0.1, 0.15) is 11.7 Å². The number of hydrogen-bond donors (Lipinski definition) is 1. The lowest BCUT2D eigenvalue weighted by molar-refractivity contribution is -0.144. The van der Waals surface area contributed by atoms with Crippen molar-refractivity contribution in [2.24, 2.45) is 0 Å². The van der Waals surface area contributed by atoms with Crippen molar-refractivity contribution in [3.63, 3.8) is 0 Å². The number of pyridine rings is 1. The number of halogens is 3. The number of fused-ring (bicyclic) bond motifs is 1. The van der Waals surface area contributed by atoms with Crippen LogP contribution in [0, 0.1) is 0 Å². The van der Waals surface area contributed by atoms with Crippen LogP contribution in [0.3, 0.4) is 0 Å². The van der Waals surface area contributed by atoms with Gasteiger partial charge in [0.25, 0.3) is 0 Å². The highest BCUT2D eigenvalue weighted by molar-refractivity contribution is 5.74. The average Bonchev–Trinajstić information content (AvgIpc) is 2.98. The lowest BCUT2D eigenvalue weighted by Crippen LogP contribution is -2.30. The molecule has 0 aromatic carbocycles. The van der Waals surface area contributed by atoms with Gasteiger partial charge in [0.2, 0.25) is 11.3 Å². The molecule has 3 heterocycles. The predicted molar refractivity (Wildman–Crippen MR) is 78.4 cm³/mol. The summed E-state index contributed by atoms with van der Waals surface area (Å²) < 4.78 is 44.9. The van der Waals surface area contributed by atoms with Gasteiger partial charge >= 0.3 is 6.18 Å². The van der Waals surface area contributed by atoms with Gasteiger partial charge in [-0.1, -0.05) is 6.07 Å². The molecule has 3 rings (SSSR count). The Morgan fingerprint density at radius 2 is 1.83 bits per heavy atom. The number of anilines is 2. The van der Waals surface area contributed by atoms with E-state index in [-0.39, 0.29) is 28.6 Å². The Morgan fingerprint density at radius 1 is 1.12 bits per heavy atom. The van der Waals surface area contributed by atoms with Crippen LogP contribution in [0.5, 0.6) is 0 Å². The van der Waals surface area contributed by atoms with Gasteiger partial charge in [0.15, 0.2) is 17.7 Å². The third kappa shape index (κ3) is 3.05. The smallest absolute Gasteiger partial charge is 0.360 e. The van der Waals surface area contributed by atoms with Gasteiger partial charge in [0.1, 0.15) is 0 Å². The first-order valence-electron chi connectivity index (χ1n) is 6.78. The lowest BCUT2D eigenvalue weighted by atomic mass is 10.2. The molecule has 3 aromatic rings. The maximum atomic E-state index is 13.5. The van der Waals surface area contributed by atoms with Crippen molar-refractivity contribution >= 4 is 22.9 Å². The van der Waals surface area contributed by atoms with Gasteiger partial charge < -0.3 is 10.2 Å². The molecule has 0 aliphatic rings. The molecular formula is C13H12F3N7O. The molecule has 0 radical (unpaired) electrons. The Kier molecular flexibility index (Phi) is 3.91. The van der Waals surface area contributed by atoms with E-state index < -0.39 is 12.2 Å². The number of nitrogens with zero attached hydrogens (tertiary/aromatic N) is 6. The molecule has 0 spiro atoms. The summed E-state index contributed by atoms with van der Waals surface area (Å²) in [5.41, 5.74) is -0.0782. The van der Waals surface area contributed by atoms with Gasteiger partial charge in [-0.05, 0) is 22.4 Å². The van der Waals surface area contributed by atoms with Crippen LogP contribution in [-0.4, -0.2) is 45.5 Å². The van der Waals surface area contributed by atoms with Gasteiger partial charge in [-0.25, -0.2) is 14.6 Å². The second kappa shape index (κ2) is 5.91. The van der Waals surface area contributed by atoms with Crippen molar-refractivity contribution in [2.75, 3.05) is 24.3 Å². The van der Waals surface area contributed by atoms with E-state index in [1.54, 1.807) is 14.1 Å². The van der Waals surface area contributed by atoms with Crippen LogP contribution in [0.25, 0.3) is 11.3 Å². The van der Waals surface area contributed by atoms with E-state index in [4.69, 9.17) is 0 Å². The first-order chi connectivity index (χ1) is 11.4. The minimum atomic E-state index is -4.59. The molecule has 1 unspecified atom stereocenters. The molecule has 0 saturated carbocycles. The van der Waals surface area contributed by atoms with Crippen LogP contribution in [0.4, 0.5) is 24.8 Å². The Morgan fingerprint density at radius 3 is 2.42 bits per heavy atom. The maximum Gasteiger partial charge on any atom is 0.414 e. The fourth-order valence-corrected chi connectivity index (χ4v) is 2.04. The zero-order valence-corrected chi connectivity index (χ0v) is 12.6. The maximum absolute atomic E-state index is 13.5. The van der Waals surface area contributed by atoms with Gasteiger partial charge in [-0.3, -0.25) is 4.98 Å². The second-order valence-corrected chi connectivity index (χ2v) is 5.08. The largest absolute Gasteiger partial charge is 0.414 e. The zero-order chi connectivity index (χ0) is 17.3. The van der Waals surface area contributed by atoms with E-state index in [2.05, 4.69) is 35.2 Å². The molecule has 1 N–H and O–H groups in total. The molecule has 0 bridgehead atoms. The minimum Gasteiger partial charge on any atom is -0.360 e. The summed E-state index contributed by atoms with van der Waals surface area (Å²) in [7, 11) is 3.25. The predicted octanol–water partition coefficient (Wildman–Crippen LogP) is 2.19. The minimum absolute atomic E-state index is 0.00467. The fraction of sp³-hybridized carbons (Fsp3) is 0.308. The van der Waals surface area contributed by atoms with Crippen LogP contribution < -0.4 is 10.2 Å². The molecule has 0 amide bonds. The number of nitrogens with one attached hydrogen (secondary N) is 1. The van der Waals surface area contributed by atoms with Crippen molar-refractivity contribution < 1.29 is 17.8 Å². The SMILES string of the molecule is CN(C)c1nc2nonc2nc1NC(c1ccccn1)C(F)(F)F. The van der Waals surface area contributed by atoms with Gasteiger partial charge in [-0.15, -0.1) is 0 Å². The number of hydrogen-bond acceptors (Lipinski definition) is 8. The Bertz CT molecular complexity index is 834. The average molecular weight is 339 g/mol. The first-order valence-corrected chi connectivity index (χ1v) is 6.78. The molecule has 0 aliphatic heterocycles. The summed E-state index contributed by atoms with van der Waals surface area (Å²) in [5.74, 6) is 0.0690. The number of rotatable bonds is 4. The number of alkyl halides is 3. The summed E-state index contributed by atoms with van der Waals surface area (Å²) >= 11 is 0. The second-order valence-electron chi connectivity index (χ2n) is 5.08. The van der Waals surface area contributed by atoms with Crippen molar-refractivity contribution in [1.82, 2.24) is 25.3 Å². The Balaban J connectivity index is 2.06. The van der Waals surface area contributed by atoms with E-state index in [1.807, 2.05) is 0 Å². The number of aromatic nitrogens is 5. The quantitative estimate of drug-likeness (QED) is 0.773. The molecular weight excluding hydrogens is 327 g/mol. The highest BCUT2D eigenvalue weighted by Crippen LogP contribution is 2.36. The van der Waals surface area contributed by atoms with Crippen molar-refractivity contribution in [2.45, 2.75) is 12.2 Å². The molecule has 1 atom stereocenters. The standard InChI is InChI=1S/C13H12F3N7O/c1-23(2)12-11(19-9-10(20-12)22-24-21-9)18-8(13(14,15)16)7-5-3-4-6-17-7/h3-6,8H,1-2H3,(H,18,19,21). The summed E-state index contributed by atoms with van der Waals surface area (Å²) in [6.45, 7) is 0. The van der Waals surface area contributed by atoms with E-state index in [0.717, 1.165) is 0 Å². The van der Waals surface area contributed by atoms with Gasteiger partial charge in [0.05, 0.1) is 5.69 Å². The summed E-state index contributed by atoms with van der Waals surface area (Å²) in [5, 5.41) is 9.40. The summed E-state index contributed by atoms with van der Waals surface area (Å²) in [6, 6.07) is 2.25. The Labute approximate surface area is 133 Å². The summed E-state index contributed by atoms with van der Waals surface area (Å²) in [4.78, 5) is 13.4. The highest BCUT2D eigenvalue weighted by Gasteiger charge is 2.42.